The van der Waals surface area contributed by atoms with Gasteiger partial charge in [-0.05, 0) is 44.9 Å². The van der Waals surface area contributed by atoms with Crippen LogP contribution in [-0.4, -0.2) is 99.6 Å². The summed E-state index contributed by atoms with van der Waals surface area (Å²) in [7, 11) is 0. The quantitative estimate of drug-likeness (QED) is 0.0149. The van der Waals surface area contributed by atoms with Crippen LogP contribution in [0.4, 0.5) is 0 Å². The van der Waals surface area contributed by atoms with E-state index in [9.17, 15) is 35.1 Å². The van der Waals surface area contributed by atoms with Crippen molar-refractivity contribution in [1.29, 1.82) is 0 Å². The molecule has 0 aromatic carbocycles. The highest BCUT2D eigenvalue weighted by Gasteiger charge is 2.47. The van der Waals surface area contributed by atoms with Crippen LogP contribution in [0.1, 0.15) is 290 Å². The molecule has 8 unspecified atom stereocenters. The van der Waals surface area contributed by atoms with Gasteiger partial charge in [0.2, 0.25) is 5.91 Å². The normalized spacial score (nSPS) is 19.3. The first-order chi connectivity index (χ1) is 38.2. The number of unbranched alkanes of at least 4 members (excludes halogenated alkanes) is 36. The van der Waals surface area contributed by atoms with Crippen LogP contribution in [-0.2, 0) is 23.8 Å². The highest BCUT2D eigenvalue weighted by molar-refractivity contribution is 5.80. The summed E-state index contributed by atoms with van der Waals surface area (Å²) in [5.41, 5.74) is 0. The second-order valence-electron chi connectivity index (χ2n) is 22.6. The molecule has 454 valence electrons. The van der Waals surface area contributed by atoms with Crippen LogP contribution in [0.15, 0.2) is 60.8 Å². The van der Waals surface area contributed by atoms with Gasteiger partial charge < -0.3 is 45.1 Å². The largest absolute Gasteiger partial charge is 0.454 e. The van der Waals surface area contributed by atoms with Gasteiger partial charge >= 0.3 is 5.97 Å². The van der Waals surface area contributed by atoms with Gasteiger partial charge in [0, 0.05) is 6.42 Å². The van der Waals surface area contributed by atoms with E-state index < -0.39 is 67.4 Å². The van der Waals surface area contributed by atoms with Gasteiger partial charge in [0.1, 0.15) is 24.4 Å². The molecule has 6 N–H and O–H groups in total. The number of hydrogen-bond acceptors (Lipinski definition) is 10. The minimum absolute atomic E-state index is 0.0971. The fourth-order valence-corrected chi connectivity index (χ4v) is 10.1. The van der Waals surface area contributed by atoms with Crippen molar-refractivity contribution in [3.63, 3.8) is 0 Å². The van der Waals surface area contributed by atoms with E-state index >= 15 is 0 Å². The smallest absolute Gasteiger partial charge is 0.306 e. The molecule has 1 fully saturated rings. The summed E-state index contributed by atoms with van der Waals surface area (Å²) in [6.07, 6.45) is 58.4. The molecule has 0 spiro atoms. The van der Waals surface area contributed by atoms with E-state index in [0.29, 0.717) is 19.3 Å². The number of esters is 1. The van der Waals surface area contributed by atoms with Crippen molar-refractivity contribution in [3.8, 4) is 0 Å². The molecular formula is C67H121NO10. The first-order valence-electron chi connectivity index (χ1n) is 32.6. The number of aliphatic hydroxyl groups excluding tert-OH is 5. The molecule has 1 heterocycles. The van der Waals surface area contributed by atoms with Crippen LogP contribution in [0.5, 0.6) is 0 Å². The summed E-state index contributed by atoms with van der Waals surface area (Å²) in [6.45, 7) is 5.66. The van der Waals surface area contributed by atoms with E-state index in [1.807, 2.05) is 36.5 Å². The SMILES string of the molecule is CC/C=C/C=C/C=C/C=C\CCCCCCCC(=O)OC1C(OCC(NC(=O)C(O)CCCCCCCCCCCCCCCCCCCCCCCC)C(O)/C=C/CCCCCCCCCCCC)OC(CO)C(O)C1O. The van der Waals surface area contributed by atoms with Gasteiger partial charge in [-0.1, -0.05) is 300 Å². The summed E-state index contributed by atoms with van der Waals surface area (Å²) in [5, 5.41) is 57.0. The minimum Gasteiger partial charge on any atom is -0.454 e. The summed E-state index contributed by atoms with van der Waals surface area (Å²) in [6, 6.07) is -1.03. The number of aliphatic hydroxyl groups is 5. The maximum Gasteiger partial charge on any atom is 0.306 e. The van der Waals surface area contributed by atoms with E-state index in [1.165, 1.54) is 167 Å². The Hall–Kier alpha value is -2.64. The number of allylic oxidation sites excluding steroid dienone is 9. The van der Waals surface area contributed by atoms with Crippen LogP contribution in [0.3, 0.4) is 0 Å². The number of carbonyl (C=O) groups is 2. The lowest BCUT2D eigenvalue weighted by molar-refractivity contribution is -0.305. The number of ether oxygens (including phenoxy) is 3. The Bertz CT molecular complexity index is 1500. The molecule has 1 aliphatic rings. The fraction of sp³-hybridized carbons (Fsp3) is 0.821. The summed E-state index contributed by atoms with van der Waals surface area (Å²) in [4.78, 5) is 26.6. The van der Waals surface area contributed by atoms with Gasteiger partial charge in [-0.2, -0.15) is 0 Å². The molecule has 0 bridgehead atoms. The molecule has 78 heavy (non-hydrogen) atoms. The highest BCUT2D eigenvalue weighted by atomic mass is 16.7. The van der Waals surface area contributed by atoms with E-state index in [-0.39, 0.29) is 13.0 Å². The molecule has 0 aromatic rings. The third kappa shape index (κ3) is 42.2. The Morgan fingerprint density at radius 3 is 1.38 bits per heavy atom. The van der Waals surface area contributed by atoms with Crippen molar-refractivity contribution >= 4 is 11.9 Å². The summed E-state index contributed by atoms with van der Waals surface area (Å²) in [5.74, 6) is -1.21. The zero-order valence-electron chi connectivity index (χ0n) is 50.3. The molecule has 11 nitrogen and oxygen atoms in total. The number of rotatable bonds is 55. The van der Waals surface area contributed by atoms with E-state index in [2.05, 4.69) is 44.3 Å². The van der Waals surface area contributed by atoms with Crippen LogP contribution in [0, 0.1) is 0 Å². The van der Waals surface area contributed by atoms with Crippen molar-refractivity contribution in [2.75, 3.05) is 13.2 Å². The third-order valence-corrected chi connectivity index (χ3v) is 15.3. The molecule has 0 radical (unpaired) electrons. The molecule has 1 rings (SSSR count). The Morgan fingerprint density at radius 1 is 0.513 bits per heavy atom. The number of nitrogens with one attached hydrogen (secondary N) is 1. The Labute approximate surface area is 478 Å². The summed E-state index contributed by atoms with van der Waals surface area (Å²) >= 11 is 0. The average Bonchev–Trinajstić information content (AvgIpc) is 3.45. The van der Waals surface area contributed by atoms with E-state index in [1.54, 1.807) is 6.08 Å². The average molecular weight is 1100 g/mol. The number of carbonyl (C=O) groups excluding carboxylic acids is 2. The Kier molecular flexibility index (Phi) is 51.7. The molecule has 1 saturated heterocycles. The second kappa shape index (κ2) is 54.9. The zero-order valence-corrected chi connectivity index (χ0v) is 50.3. The minimum atomic E-state index is -1.62. The monoisotopic (exact) mass is 1100 g/mol. The number of amides is 1. The van der Waals surface area contributed by atoms with Crippen LogP contribution >= 0.6 is 0 Å². The first-order valence-corrected chi connectivity index (χ1v) is 32.6. The lowest BCUT2D eigenvalue weighted by Crippen LogP contribution is -2.61. The summed E-state index contributed by atoms with van der Waals surface area (Å²) < 4.78 is 17.6. The topological polar surface area (TPSA) is 175 Å². The molecule has 0 saturated carbocycles. The van der Waals surface area contributed by atoms with Gasteiger partial charge in [-0.15, -0.1) is 0 Å². The van der Waals surface area contributed by atoms with Crippen LogP contribution in [0.25, 0.3) is 0 Å². The molecule has 11 heteroatoms. The molecule has 8 atom stereocenters. The molecule has 1 amide bonds. The first kappa shape index (κ1) is 73.4. The van der Waals surface area contributed by atoms with E-state index in [4.69, 9.17) is 14.2 Å². The van der Waals surface area contributed by atoms with Crippen molar-refractivity contribution < 1.29 is 49.3 Å². The van der Waals surface area contributed by atoms with Crippen LogP contribution in [0.2, 0.25) is 0 Å². The van der Waals surface area contributed by atoms with Gasteiger partial charge in [-0.25, -0.2) is 0 Å². The number of hydrogen-bond donors (Lipinski definition) is 6. The molecular weight excluding hydrogens is 979 g/mol. The highest BCUT2D eigenvalue weighted by Crippen LogP contribution is 2.26. The van der Waals surface area contributed by atoms with Gasteiger partial charge in [-0.3, -0.25) is 9.59 Å². The lowest BCUT2D eigenvalue weighted by atomic mass is 9.99. The predicted molar refractivity (Wildman–Crippen MR) is 324 cm³/mol. The van der Waals surface area contributed by atoms with Crippen LogP contribution < -0.4 is 5.32 Å². The predicted octanol–water partition coefficient (Wildman–Crippen LogP) is 15.8. The molecule has 1 aliphatic heterocycles. The van der Waals surface area contributed by atoms with Gasteiger partial charge in [0.15, 0.2) is 12.4 Å². The van der Waals surface area contributed by atoms with Gasteiger partial charge in [0.05, 0.1) is 25.4 Å². The Morgan fingerprint density at radius 2 is 0.923 bits per heavy atom. The van der Waals surface area contributed by atoms with Crippen molar-refractivity contribution in [2.45, 2.75) is 339 Å². The van der Waals surface area contributed by atoms with Crippen molar-refractivity contribution in [3.05, 3.63) is 60.8 Å². The van der Waals surface area contributed by atoms with E-state index in [0.717, 1.165) is 77.0 Å². The van der Waals surface area contributed by atoms with Crippen molar-refractivity contribution in [2.24, 2.45) is 0 Å². The molecule has 0 aromatic heterocycles. The fourth-order valence-electron chi connectivity index (χ4n) is 10.1. The maximum atomic E-state index is 13.4. The second-order valence-corrected chi connectivity index (χ2v) is 22.6. The Balaban J connectivity index is 2.63. The zero-order chi connectivity index (χ0) is 56.8. The molecule has 0 aliphatic carbocycles. The third-order valence-electron chi connectivity index (χ3n) is 15.3. The van der Waals surface area contributed by atoms with Crippen molar-refractivity contribution in [1.82, 2.24) is 5.32 Å². The standard InChI is InChI=1S/C67H121NO10/c1-4-7-10-13-16-19-22-25-27-28-29-30-31-32-33-35-36-39-42-45-48-51-54-60(71)66(75)68-58(59(70)53-50-47-44-41-38-24-21-18-15-12-9-6-3)57-76-67-65(64(74)63(73)61(56-69)77-67)78-62(72)55-52-49-46-43-40-37-34-26-23-20-17-14-11-8-5-2/h8,11,14,17,20,23,26,34,50,53,58-61,63-65,67,69-71,73-74H,4-7,9-10,12-13,15-16,18-19,21-22,24-25,27-33,35-49,51-52,54-57H2,1-3H3,(H,68,75)/b11-8+,17-14+,23-20+,34-26-,53-50+. The lowest BCUT2D eigenvalue weighted by Gasteiger charge is -2.41. The van der Waals surface area contributed by atoms with Gasteiger partial charge in [0.25, 0.3) is 0 Å². The maximum absolute atomic E-state index is 13.4.